The molecule has 0 amide bonds. The van der Waals surface area contributed by atoms with Crippen molar-refractivity contribution >= 4 is 33.2 Å². The summed E-state index contributed by atoms with van der Waals surface area (Å²) in [6.45, 7) is 4.01. The summed E-state index contributed by atoms with van der Waals surface area (Å²) in [5, 5.41) is 3.20. The Kier molecular flexibility index (Phi) is 3.36. The number of thiophene rings is 1. The Labute approximate surface area is 125 Å². The van der Waals surface area contributed by atoms with E-state index in [4.69, 9.17) is 11.6 Å². The third kappa shape index (κ3) is 2.15. The van der Waals surface area contributed by atoms with Crippen LogP contribution in [0.15, 0.2) is 34.4 Å². The molecule has 2 aromatic heterocycles. The monoisotopic (exact) mass is 304 g/mol. The summed E-state index contributed by atoms with van der Waals surface area (Å²) < 4.78 is 0. The Morgan fingerprint density at radius 3 is 2.70 bits per heavy atom. The van der Waals surface area contributed by atoms with Gasteiger partial charge in [-0.2, -0.15) is 0 Å². The van der Waals surface area contributed by atoms with Crippen LogP contribution in [0.1, 0.15) is 25.6 Å². The highest BCUT2D eigenvalue weighted by atomic mass is 35.5. The summed E-state index contributed by atoms with van der Waals surface area (Å²) >= 11 is 7.70. The van der Waals surface area contributed by atoms with Gasteiger partial charge in [0, 0.05) is 27.4 Å². The first-order valence-corrected chi connectivity index (χ1v) is 7.60. The van der Waals surface area contributed by atoms with E-state index in [1.165, 1.54) is 11.3 Å². The van der Waals surface area contributed by atoms with Gasteiger partial charge >= 0.3 is 0 Å². The lowest BCUT2D eigenvalue weighted by Crippen LogP contribution is -2.12. The number of nitrogens with one attached hydrogen (secondary N) is 1. The standard InChI is InChI=1S/C15H13ClN2OS/c1-8(2)13-17-14(19)12-10(7-20-15(12)18-13)9-5-3-4-6-11(9)16/h3-8H,1-2H3,(H,17,18,19). The average Bonchev–Trinajstić information content (AvgIpc) is 2.83. The zero-order valence-corrected chi connectivity index (χ0v) is 12.7. The number of benzene rings is 1. The molecule has 0 fully saturated rings. The number of halogens is 1. The number of rotatable bonds is 2. The van der Waals surface area contributed by atoms with Crippen molar-refractivity contribution in [1.29, 1.82) is 0 Å². The van der Waals surface area contributed by atoms with Crippen LogP contribution in [0, 0.1) is 0 Å². The normalized spacial score (nSPS) is 11.4. The van der Waals surface area contributed by atoms with Crippen molar-refractivity contribution in [1.82, 2.24) is 9.97 Å². The smallest absolute Gasteiger partial charge is 0.260 e. The van der Waals surface area contributed by atoms with Crippen LogP contribution in [0.4, 0.5) is 0 Å². The molecule has 0 bridgehead atoms. The van der Waals surface area contributed by atoms with Crippen molar-refractivity contribution in [3.05, 3.63) is 50.8 Å². The van der Waals surface area contributed by atoms with Crippen LogP contribution in [-0.2, 0) is 0 Å². The molecule has 0 aliphatic rings. The predicted octanol–water partition coefficient (Wildman–Crippen LogP) is 4.43. The van der Waals surface area contributed by atoms with Crippen LogP contribution < -0.4 is 5.56 Å². The van der Waals surface area contributed by atoms with Gasteiger partial charge in [0.05, 0.1) is 5.39 Å². The van der Waals surface area contributed by atoms with Gasteiger partial charge in [-0.1, -0.05) is 43.6 Å². The summed E-state index contributed by atoms with van der Waals surface area (Å²) in [7, 11) is 0. The van der Waals surface area contributed by atoms with Crippen LogP contribution >= 0.6 is 22.9 Å². The maximum Gasteiger partial charge on any atom is 0.260 e. The fraction of sp³-hybridized carbons (Fsp3) is 0.200. The number of nitrogens with zero attached hydrogens (tertiary/aromatic N) is 1. The fourth-order valence-corrected chi connectivity index (χ4v) is 3.30. The van der Waals surface area contributed by atoms with Crippen molar-refractivity contribution in [2.45, 2.75) is 19.8 Å². The van der Waals surface area contributed by atoms with E-state index in [-0.39, 0.29) is 11.5 Å². The van der Waals surface area contributed by atoms with Gasteiger partial charge in [-0.15, -0.1) is 11.3 Å². The maximum absolute atomic E-state index is 12.3. The lowest BCUT2D eigenvalue weighted by Gasteiger charge is -2.05. The van der Waals surface area contributed by atoms with Crippen LogP contribution in [0.3, 0.4) is 0 Å². The number of hydrogen-bond acceptors (Lipinski definition) is 3. The van der Waals surface area contributed by atoms with Crippen molar-refractivity contribution in [2.75, 3.05) is 0 Å². The largest absolute Gasteiger partial charge is 0.310 e. The summed E-state index contributed by atoms with van der Waals surface area (Å²) in [4.78, 5) is 20.5. The molecule has 102 valence electrons. The predicted molar refractivity (Wildman–Crippen MR) is 84.8 cm³/mol. The molecule has 0 saturated heterocycles. The first-order valence-electron chi connectivity index (χ1n) is 6.34. The van der Waals surface area contributed by atoms with Crippen LogP contribution in [0.2, 0.25) is 5.02 Å². The minimum absolute atomic E-state index is 0.102. The van der Waals surface area contributed by atoms with Crippen LogP contribution in [0.25, 0.3) is 21.3 Å². The van der Waals surface area contributed by atoms with Crippen molar-refractivity contribution in [2.24, 2.45) is 0 Å². The molecule has 3 nitrogen and oxygen atoms in total. The molecule has 3 aromatic rings. The van der Waals surface area contributed by atoms with E-state index >= 15 is 0 Å². The van der Waals surface area contributed by atoms with E-state index in [9.17, 15) is 4.79 Å². The molecule has 0 aliphatic carbocycles. The number of hydrogen-bond donors (Lipinski definition) is 1. The number of aromatic nitrogens is 2. The van der Waals surface area contributed by atoms with E-state index in [1.54, 1.807) is 0 Å². The molecule has 0 radical (unpaired) electrons. The molecule has 3 rings (SSSR count). The number of H-pyrrole nitrogens is 1. The molecule has 0 aliphatic heterocycles. The summed E-state index contributed by atoms with van der Waals surface area (Å²) in [6.07, 6.45) is 0. The molecule has 1 aromatic carbocycles. The lowest BCUT2D eigenvalue weighted by molar-refractivity contribution is 0.778. The quantitative estimate of drug-likeness (QED) is 0.761. The molecular formula is C15H13ClN2OS. The van der Waals surface area contributed by atoms with Crippen molar-refractivity contribution < 1.29 is 0 Å². The molecule has 0 spiro atoms. The van der Waals surface area contributed by atoms with Crippen LogP contribution in [-0.4, -0.2) is 9.97 Å². The third-order valence-corrected chi connectivity index (χ3v) is 4.37. The highest BCUT2D eigenvalue weighted by Crippen LogP contribution is 2.35. The van der Waals surface area contributed by atoms with E-state index in [0.717, 1.165) is 21.8 Å². The van der Waals surface area contributed by atoms with Gasteiger partial charge in [0.2, 0.25) is 0 Å². The van der Waals surface area contributed by atoms with Gasteiger partial charge in [-0.05, 0) is 6.07 Å². The zero-order chi connectivity index (χ0) is 14.3. The number of aromatic amines is 1. The zero-order valence-electron chi connectivity index (χ0n) is 11.1. The molecule has 1 N–H and O–H groups in total. The Balaban J connectivity index is 2.30. The molecule has 2 heterocycles. The van der Waals surface area contributed by atoms with Gasteiger partial charge in [0.25, 0.3) is 5.56 Å². The first-order chi connectivity index (χ1) is 9.58. The lowest BCUT2D eigenvalue weighted by atomic mass is 10.1. The molecule has 5 heteroatoms. The Morgan fingerprint density at radius 1 is 1.25 bits per heavy atom. The van der Waals surface area contributed by atoms with Gasteiger partial charge in [-0.3, -0.25) is 4.79 Å². The molecular weight excluding hydrogens is 292 g/mol. The first kappa shape index (κ1) is 13.3. The second-order valence-electron chi connectivity index (χ2n) is 4.92. The highest BCUT2D eigenvalue weighted by Gasteiger charge is 2.15. The summed E-state index contributed by atoms with van der Waals surface area (Å²) in [5.74, 6) is 0.910. The number of fused-ring (bicyclic) bond motifs is 1. The maximum atomic E-state index is 12.3. The van der Waals surface area contributed by atoms with E-state index in [2.05, 4.69) is 9.97 Å². The van der Waals surface area contributed by atoms with Crippen molar-refractivity contribution in [3.8, 4) is 11.1 Å². The third-order valence-electron chi connectivity index (χ3n) is 3.17. The molecule has 0 atom stereocenters. The van der Waals surface area contributed by atoms with E-state index < -0.39 is 0 Å². The Bertz CT molecular complexity index is 835. The molecule has 0 saturated carbocycles. The SMILES string of the molecule is CC(C)c1nc2scc(-c3ccccc3Cl)c2c(=O)[nH]1. The average molecular weight is 305 g/mol. The minimum atomic E-state index is -0.102. The topological polar surface area (TPSA) is 45.8 Å². The van der Waals surface area contributed by atoms with Gasteiger partial charge in [0.15, 0.2) is 0 Å². The second kappa shape index (κ2) is 5.04. The summed E-state index contributed by atoms with van der Waals surface area (Å²) in [5.41, 5.74) is 1.61. The fourth-order valence-electron chi connectivity index (χ4n) is 2.12. The van der Waals surface area contributed by atoms with Gasteiger partial charge in [0.1, 0.15) is 10.7 Å². The van der Waals surface area contributed by atoms with E-state index in [1.807, 2.05) is 43.5 Å². The minimum Gasteiger partial charge on any atom is -0.310 e. The Morgan fingerprint density at radius 2 is 2.00 bits per heavy atom. The Hall–Kier alpha value is -1.65. The second-order valence-corrected chi connectivity index (χ2v) is 6.18. The van der Waals surface area contributed by atoms with Crippen molar-refractivity contribution in [3.63, 3.8) is 0 Å². The van der Waals surface area contributed by atoms with Crippen LogP contribution in [0.5, 0.6) is 0 Å². The molecule has 20 heavy (non-hydrogen) atoms. The van der Waals surface area contributed by atoms with Gasteiger partial charge < -0.3 is 4.98 Å². The summed E-state index contributed by atoms with van der Waals surface area (Å²) in [6, 6.07) is 7.53. The highest BCUT2D eigenvalue weighted by molar-refractivity contribution is 7.17. The molecule has 0 unspecified atom stereocenters. The van der Waals surface area contributed by atoms with Gasteiger partial charge in [-0.25, -0.2) is 4.98 Å². The van der Waals surface area contributed by atoms with E-state index in [0.29, 0.717) is 10.4 Å².